The van der Waals surface area contributed by atoms with Gasteiger partial charge in [0.2, 0.25) is 0 Å². The molecule has 1 atom stereocenters. The topological polar surface area (TPSA) is 25.4 Å². The number of aryl methyl sites for hydroxylation is 2. The SMILES string of the molecule is COc1cccc(C(c2cnc(CCc3ccccc3)s2)N2CCC(c3ccccc3)CC2)c1C. The highest BCUT2D eigenvalue weighted by Gasteiger charge is 2.30. The summed E-state index contributed by atoms with van der Waals surface area (Å²) in [7, 11) is 1.76. The number of thiazole rings is 1. The first-order valence-electron chi connectivity index (χ1n) is 12.6. The number of hydrogen-bond acceptors (Lipinski definition) is 4. The number of aromatic nitrogens is 1. The number of rotatable bonds is 8. The number of benzene rings is 3. The predicted molar refractivity (Wildman–Crippen MR) is 146 cm³/mol. The van der Waals surface area contributed by atoms with Gasteiger partial charge in [-0.3, -0.25) is 4.90 Å². The highest BCUT2D eigenvalue weighted by atomic mass is 32.1. The number of methoxy groups -OCH3 is 1. The minimum Gasteiger partial charge on any atom is -0.496 e. The zero-order valence-electron chi connectivity index (χ0n) is 20.7. The Morgan fingerprint density at radius 1 is 0.914 bits per heavy atom. The lowest BCUT2D eigenvalue weighted by molar-refractivity contribution is 0.175. The number of nitrogens with zero attached hydrogens (tertiary/aromatic N) is 2. The highest BCUT2D eigenvalue weighted by Crippen LogP contribution is 2.40. The van der Waals surface area contributed by atoms with Gasteiger partial charge in [0.15, 0.2) is 0 Å². The van der Waals surface area contributed by atoms with Crippen molar-refractivity contribution in [3.63, 3.8) is 0 Å². The van der Waals surface area contributed by atoms with Crippen molar-refractivity contribution in [3.05, 3.63) is 117 Å². The van der Waals surface area contributed by atoms with Gasteiger partial charge in [0.05, 0.1) is 18.2 Å². The van der Waals surface area contributed by atoms with Crippen LogP contribution >= 0.6 is 11.3 Å². The molecule has 0 N–H and O–H groups in total. The first-order valence-corrected chi connectivity index (χ1v) is 13.5. The Kier molecular flexibility index (Phi) is 7.60. The van der Waals surface area contributed by atoms with Crippen LogP contribution in [-0.2, 0) is 12.8 Å². The normalized spacial score (nSPS) is 15.7. The first kappa shape index (κ1) is 23.8. The molecular formula is C31H34N2OS. The molecule has 4 heteroatoms. The smallest absolute Gasteiger partial charge is 0.122 e. The van der Waals surface area contributed by atoms with Crippen LogP contribution in [0.3, 0.4) is 0 Å². The average Bonchev–Trinajstić information content (AvgIpc) is 3.39. The van der Waals surface area contributed by atoms with Crippen molar-refractivity contribution >= 4 is 11.3 Å². The molecule has 1 saturated heterocycles. The molecular weight excluding hydrogens is 448 g/mol. The van der Waals surface area contributed by atoms with Crippen LogP contribution in [0, 0.1) is 6.92 Å². The molecule has 0 amide bonds. The number of likely N-dealkylation sites (tertiary alicyclic amines) is 1. The van der Waals surface area contributed by atoms with Crippen LogP contribution in [0.15, 0.2) is 85.1 Å². The molecule has 4 aromatic rings. The molecule has 1 unspecified atom stereocenters. The van der Waals surface area contributed by atoms with E-state index in [1.807, 2.05) is 11.3 Å². The molecule has 0 radical (unpaired) electrons. The van der Waals surface area contributed by atoms with Crippen LogP contribution < -0.4 is 4.74 Å². The lowest BCUT2D eigenvalue weighted by Gasteiger charge is -2.38. The summed E-state index contributed by atoms with van der Waals surface area (Å²) in [5.41, 5.74) is 5.40. The summed E-state index contributed by atoms with van der Waals surface area (Å²) in [6, 6.07) is 28.4. The van der Waals surface area contributed by atoms with Gasteiger partial charge >= 0.3 is 0 Å². The van der Waals surface area contributed by atoms with Gasteiger partial charge in [-0.05, 0) is 73.5 Å². The van der Waals surface area contributed by atoms with Crippen LogP contribution in [-0.4, -0.2) is 30.1 Å². The molecule has 2 heterocycles. The van der Waals surface area contributed by atoms with Crippen molar-refractivity contribution in [1.82, 2.24) is 9.88 Å². The van der Waals surface area contributed by atoms with E-state index < -0.39 is 0 Å². The molecule has 0 bridgehead atoms. The van der Waals surface area contributed by atoms with Crippen LogP contribution in [0.25, 0.3) is 0 Å². The fourth-order valence-corrected chi connectivity index (χ4v) is 6.43. The van der Waals surface area contributed by atoms with Crippen molar-refractivity contribution < 1.29 is 4.74 Å². The predicted octanol–water partition coefficient (Wildman–Crippen LogP) is 7.21. The third kappa shape index (κ3) is 5.50. The average molecular weight is 483 g/mol. The summed E-state index contributed by atoms with van der Waals surface area (Å²) in [5, 5.41) is 1.22. The van der Waals surface area contributed by atoms with Crippen molar-refractivity contribution in [3.8, 4) is 5.75 Å². The fourth-order valence-electron chi connectivity index (χ4n) is 5.36. The number of hydrogen-bond donors (Lipinski definition) is 0. The van der Waals surface area contributed by atoms with E-state index in [4.69, 9.17) is 9.72 Å². The summed E-state index contributed by atoms with van der Waals surface area (Å²) in [6.07, 6.45) is 6.50. The zero-order valence-corrected chi connectivity index (χ0v) is 21.5. The molecule has 3 nitrogen and oxygen atoms in total. The maximum Gasteiger partial charge on any atom is 0.122 e. The largest absolute Gasteiger partial charge is 0.496 e. The molecule has 180 valence electrons. The molecule has 0 saturated carbocycles. The minimum atomic E-state index is 0.213. The van der Waals surface area contributed by atoms with Gasteiger partial charge in [0.1, 0.15) is 5.75 Å². The Balaban J connectivity index is 1.39. The molecule has 35 heavy (non-hydrogen) atoms. The van der Waals surface area contributed by atoms with E-state index in [0.29, 0.717) is 5.92 Å². The standard InChI is InChI=1S/C31H34N2OS/c1-23-27(14-9-15-28(23)34-2)31(33-20-18-26(19-21-33)25-12-7-4-8-13-25)29-22-32-30(35-29)17-16-24-10-5-3-6-11-24/h3-15,22,26,31H,16-21H2,1-2H3. The van der Waals surface area contributed by atoms with Gasteiger partial charge in [-0.25, -0.2) is 4.98 Å². The van der Waals surface area contributed by atoms with Gasteiger partial charge in [0.25, 0.3) is 0 Å². The van der Waals surface area contributed by atoms with Crippen LogP contribution in [0.4, 0.5) is 0 Å². The van der Waals surface area contributed by atoms with E-state index in [2.05, 4.69) is 96.9 Å². The van der Waals surface area contributed by atoms with Gasteiger partial charge in [-0.15, -0.1) is 11.3 Å². The van der Waals surface area contributed by atoms with E-state index in [1.165, 1.54) is 45.0 Å². The second-order valence-corrected chi connectivity index (χ2v) is 10.6. The first-order chi connectivity index (χ1) is 17.2. The van der Waals surface area contributed by atoms with E-state index in [0.717, 1.165) is 31.7 Å². The summed E-state index contributed by atoms with van der Waals surface area (Å²) < 4.78 is 5.70. The summed E-state index contributed by atoms with van der Waals surface area (Å²) in [4.78, 5) is 8.87. The fraction of sp³-hybridized carbons (Fsp3) is 0.323. The third-order valence-electron chi connectivity index (χ3n) is 7.32. The molecule has 0 aliphatic carbocycles. The van der Waals surface area contributed by atoms with Crippen molar-refractivity contribution in [2.75, 3.05) is 20.2 Å². The Morgan fingerprint density at radius 2 is 1.63 bits per heavy atom. The Bertz CT molecular complexity index is 1210. The van der Waals surface area contributed by atoms with E-state index in [-0.39, 0.29) is 6.04 Å². The maximum absolute atomic E-state index is 5.70. The molecule has 1 fully saturated rings. The molecule has 1 aromatic heterocycles. The third-order valence-corrected chi connectivity index (χ3v) is 8.43. The molecule has 0 spiro atoms. The number of ether oxygens (including phenoxy) is 1. The van der Waals surface area contributed by atoms with Crippen LogP contribution in [0.5, 0.6) is 5.75 Å². The second kappa shape index (κ2) is 11.2. The lowest BCUT2D eigenvalue weighted by Crippen LogP contribution is -2.36. The lowest BCUT2D eigenvalue weighted by atomic mass is 9.87. The van der Waals surface area contributed by atoms with Gasteiger partial charge < -0.3 is 4.74 Å². The van der Waals surface area contributed by atoms with Crippen molar-refractivity contribution in [1.29, 1.82) is 0 Å². The van der Waals surface area contributed by atoms with Crippen LogP contribution in [0.1, 0.15) is 56.9 Å². The van der Waals surface area contributed by atoms with E-state index in [1.54, 1.807) is 7.11 Å². The molecule has 5 rings (SSSR count). The monoisotopic (exact) mass is 482 g/mol. The summed E-state index contributed by atoms with van der Waals surface area (Å²) in [6.45, 7) is 4.35. The maximum atomic E-state index is 5.70. The van der Waals surface area contributed by atoms with Crippen molar-refractivity contribution in [2.24, 2.45) is 0 Å². The molecule has 1 aliphatic heterocycles. The quantitative estimate of drug-likeness (QED) is 0.265. The van der Waals surface area contributed by atoms with Gasteiger partial charge in [-0.2, -0.15) is 0 Å². The zero-order chi connectivity index (χ0) is 24.0. The minimum absolute atomic E-state index is 0.213. The summed E-state index contributed by atoms with van der Waals surface area (Å²) >= 11 is 1.87. The van der Waals surface area contributed by atoms with Crippen LogP contribution in [0.2, 0.25) is 0 Å². The molecule has 3 aromatic carbocycles. The molecule has 1 aliphatic rings. The number of piperidine rings is 1. The highest BCUT2D eigenvalue weighted by molar-refractivity contribution is 7.11. The van der Waals surface area contributed by atoms with Gasteiger partial charge in [-0.1, -0.05) is 72.8 Å². The van der Waals surface area contributed by atoms with E-state index in [9.17, 15) is 0 Å². The second-order valence-electron chi connectivity index (χ2n) is 9.44. The van der Waals surface area contributed by atoms with Crippen molar-refractivity contribution in [2.45, 2.75) is 44.6 Å². The Labute approximate surface area is 213 Å². The Hall–Kier alpha value is -2.95. The van der Waals surface area contributed by atoms with E-state index >= 15 is 0 Å². The Morgan fingerprint density at radius 3 is 2.34 bits per heavy atom. The van der Waals surface area contributed by atoms with Gasteiger partial charge in [0, 0.05) is 17.5 Å². The summed E-state index contributed by atoms with van der Waals surface area (Å²) in [5.74, 6) is 1.60.